The Kier molecular flexibility index (Phi) is 8.11. The fourth-order valence-electron chi connectivity index (χ4n) is 3.51. The molecule has 1 saturated heterocycles. The first-order valence-corrected chi connectivity index (χ1v) is 10.5. The van der Waals surface area contributed by atoms with E-state index < -0.39 is 0 Å². The largest absolute Gasteiger partial charge is 0.488 e. The van der Waals surface area contributed by atoms with Crippen LogP contribution in [0.15, 0.2) is 47.5 Å². The van der Waals surface area contributed by atoms with E-state index in [0.29, 0.717) is 13.2 Å². The summed E-state index contributed by atoms with van der Waals surface area (Å²) in [5, 5.41) is 6.85. The lowest BCUT2D eigenvalue weighted by Crippen LogP contribution is -2.36. The van der Waals surface area contributed by atoms with Crippen LogP contribution in [-0.2, 0) is 24.4 Å². The molecule has 0 aliphatic carbocycles. The molecule has 0 amide bonds. The van der Waals surface area contributed by atoms with Crippen LogP contribution in [0.3, 0.4) is 0 Å². The van der Waals surface area contributed by atoms with Crippen LogP contribution >= 0.6 is 0 Å². The molecule has 0 bridgehead atoms. The van der Waals surface area contributed by atoms with Gasteiger partial charge in [0.05, 0.1) is 13.2 Å². The smallest absolute Gasteiger partial charge is 0.191 e. The lowest BCUT2D eigenvalue weighted by molar-refractivity contribution is 0.140. The summed E-state index contributed by atoms with van der Waals surface area (Å²) >= 11 is 0. The Morgan fingerprint density at radius 1 is 1.10 bits per heavy atom. The average Bonchev–Trinajstić information content (AvgIpc) is 3.23. The molecule has 0 saturated carbocycles. The van der Waals surface area contributed by atoms with Crippen LogP contribution in [-0.4, -0.2) is 51.3 Å². The van der Waals surface area contributed by atoms with E-state index in [2.05, 4.69) is 84.0 Å². The minimum Gasteiger partial charge on any atom is -0.488 e. The number of aryl methyl sites for hydroxylation is 1. The van der Waals surface area contributed by atoms with Crippen LogP contribution in [0.25, 0.3) is 0 Å². The quantitative estimate of drug-likeness (QED) is 0.517. The molecule has 6 heteroatoms. The molecule has 1 aliphatic rings. The highest BCUT2D eigenvalue weighted by Crippen LogP contribution is 2.23. The van der Waals surface area contributed by atoms with Gasteiger partial charge >= 0.3 is 0 Å². The Morgan fingerprint density at radius 2 is 1.83 bits per heavy atom. The molecule has 0 aromatic heterocycles. The number of rotatable bonds is 8. The van der Waals surface area contributed by atoms with Crippen molar-refractivity contribution in [3.05, 3.63) is 64.7 Å². The molecule has 6 nitrogen and oxygen atoms in total. The maximum Gasteiger partial charge on any atom is 0.191 e. The highest BCUT2D eigenvalue weighted by Gasteiger charge is 2.18. The second-order valence-corrected chi connectivity index (χ2v) is 8.00. The van der Waals surface area contributed by atoms with E-state index >= 15 is 0 Å². The van der Waals surface area contributed by atoms with Crippen LogP contribution in [0.1, 0.15) is 28.7 Å². The molecule has 1 unspecified atom stereocenters. The number of ether oxygens (including phenoxy) is 2. The van der Waals surface area contributed by atoms with E-state index in [1.165, 1.54) is 16.7 Å². The number of guanidine groups is 1. The van der Waals surface area contributed by atoms with Gasteiger partial charge in [-0.2, -0.15) is 0 Å². The van der Waals surface area contributed by atoms with Crippen LogP contribution in [0.4, 0.5) is 0 Å². The lowest BCUT2D eigenvalue weighted by Gasteiger charge is -2.19. The summed E-state index contributed by atoms with van der Waals surface area (Å²) in [6.07, 6.45) is 1.08. The van der Waals surface area contributed by atoms with Crippen LogP contribution in [0, 0.1) is 6.92 Å². The first kappa shape index (κ1) is 22.1. The zero-order valence-corrected chi connectivity index (χ0v) is 18.6. The number of nitrogens with zero attached hydrogens (tertiary/aromatic N) is 2. The monoisotopic (exact) mass is 410 g/mol. The van der Waals surface area contributed by atoms with E-state index in [4.69, 9.17) is 9.47 Å². The standard InChI is InChI=1S/C24H34N4O2/c1-18-9-10-20(23(13-18)30-22-11-12-29-17-22)15-27-24(25-2)26-14-19-7-5-6-8-21(19)16-28(3)4/h5-10,13,22H,11-12,14-17H2,1-4H3,(H2,25,26,27). The van der Waals surface area contributed by atoms with Gasteiger partial charge in [-0.3, -0.25) is 4.99 Å². The number of benzene rings is 2. The van der Waals surface area contributed by atoms with Crippen molar-refractivity contribution in [2.24, 2.45) is 4.99 Å². The Labute approximate surface area is 180 Å². The van der Waals surface area contributed by atoms with Gasteiger partial charge in [0, 0.05) is 38.7 Å². The van der Waals surface area contributed by atoms with Crippen molar-refractivity contribution in [2.45, 2.75) is 39.1 Å². The number of hydrogen-bond acceptors (Lipinski definition) is 4. The normalized spacial score (nSPS) is 16.7. The maximum atomic E-state index is 6.21. The molecule has 2 N–H and O–H groups in total. The Balaban J connectivity index is 1.60. The summed E-state index contributed by atoms with van der Waals surface area (Å²) in [6.45, 7) is 5.80. The van der Waals surface area contributed by atoms with Gasteiger partial charge < -0.3 is 25.0 Å². The fourth-order valence-corrected chi connectivity index (χ4v) is 3.51. The molecule has 0 radical (unpaired) electrons. The van der Waals surface area contributed by atoms with Gasteiger partial charge in [-0.25, -0.2) is 0 Å². The minimum absolute atomic E-state index is 0.135. The van der Waals surface area contributed by atoms with E-state index in [1.54, 1.807) is 7.05 Å². The van der Waals surface area contributed by atoms with Gasteiger partial charge in [0.2, 0.25) is 0 Å². The molecule has 2 aromatic rings. The van der Waals surface area contributed by atoms with Crippen molar-refractivity contribution in [3.63, 3.8) is 0 Å². The van der Waals surface area contributed by atoms with E-state index in [0.717, 1.165) is 43.4 Å². The minimum atomic E-state index is 0.135. The lowest BCUT2D eigenvalue weighted by atomic mass is 10.1. The first-order chi connectivity index (χ1) is 14.5. The fraction of sp³-hybridized carbons (Fsp3) is 0.458. The summed E-state index contributed by atoms with van der Waals surface area (Å²) in [4.78, 5) is 6.56. The van der Waals surface area contributed by atoms with Gasteiger partial charge in [-0.05, 0) is 43.8 Å². The van der Waals surface area contributed by atoms with Crippen molar-refractivity contribution in [2.75, 3.05) is 34.4 Å². The zero-order valence-electron chi connectivity index (χ0n) is 18.6. The molecule has 162 valence electrons. The topological polar surface area (TPSA) is 58.1 Å². The summed E-state index contributed by atoms with van der Waals surface area (Å²) in [5.41, 5.74) is 4.89. The summed E-state index contributed by atoms with van der Waals surface area (Å²) < 4.78 is 11.7. The molecule has 1 heterocycles. The van der Waals surface area contributed by atoms with Crippen molar-refractivity contribution in [1.82, 2.24) is 15.5 Å². The molecule has 0 spiro atoms. The molecule has 2 aromatic carbocycles. The third-order valence-corrected chi connectivity index (χ3v) is 5.13. The highest BCUT2D eigenvalue weighted by molar-refractivity contribution is 5.79. The van der Waals surface area contributed by atoms with E-state index in [-0.39, 0.29) is 6.10 Å². The van der Waals surface area contributed by atoms with Gasteiger partial charge in [0.15, 0.2) is 5.96 Å². The predicted octanol–water partition coefficient (Wildman–Crippen LogP) is 3.09. The third-order valence-electron chi connectivity index (χ3n) is 5.13. The van der Waals surface area contributed by atoms with Crippen molar-refractivity contribution in [3.8, 4) is 5.75 Å². The Morgan fingerprint density at radius 3 is 2.50 bits per heavy atom. The molecule has 30 heavy (non-hydrogen) atoms. The maximum absolute atomic E-state index is 6.21. The SMILES string of the molecule is CN=C(NCc1ccccc1CN(C)C)NCc1ccc(C)cc1OC1CCOC1. The molecule has 3 rings (SSSR count). The Bertz CT molecular complexity index is 845. The van der Waals surface area contributed by atoms with Gasteiger partial charge in [0.25, 0.3) is 0 Å². The van der Waals surface area contributed by atoms with Crippen molar-refractivity contribution < 1.29 is 9.47 Å². The summed E-state index contributed by atoms with van der Waals surface area (Å²) in [6, 6.07) is 14.8. The second-order valence-electron chi connectivity index (χ2n) is 8.00. The molecular weight excluding hydrogens is 376 g/mol. The Hall–Kier alpha value is -2.57. The number of aliphatic imine (C=N–C) groups is 1. The van der Waals surface area contributed by atoms with E-state index in [9.17, 15) is 0 Å². The van der Waals surface area contributed by atoms with Gasteiger partial charge in [-0.15, -0.1) is 0 Å². The van der Waals surface area contributed by atoms with E-state index in [1.807, 2.05) is 0 Å². The molecular formula is C24H34N4O2. The summed E-state index contributed by atoms with van der Waals surface area (Å²) in [7, 11) is 5.97. The van der Waals surface area contributed by atoms with Gasteiger partial charge in [-0.1, -0.05) is 36.4 Å². The highest BCUT2D eigenvalue weighted by atomic mass is 16.5. The van der Waals surface area contributed by atoms with Crippen LogP contribution in [0.5, 0.6) is 5.75 Å². The average molecular weight is 411 g/mol. The third kappa shape index (κ3) is 6.47. The number of nitrogens with one attached hydrogen (secondary N) is 2. The number of hydrogen-bond donors (Lipinski definition) is 2. The zero-order chi connectivity index (χ0) is 21.3. The molecule has 1 aliphatic heterocycles. The van der Waals surface area contributed by atoms with Crippen molar-refractivity contribution >= 4 is 5.96 Å². The van der Waals surface area contributed by atoms with Crippen LogP contribution < -0.4 is 15.4 Å². The predicted molar refractivity (Wildman–Crippen MR) is 122 cm³/mol. The van der Waals surface area contributed by atoms with Gasteiger partial charge in [0.1, 0.15) is 11.9 Å². The van der Waals surface area contributed by atoms with Crippen molar-refractivity contribution in [1.29, 1.82) is 0 Å². The molecule has 1 fully saturated rings. The first-order valence-electron chi connectivity index (χ1n) is 10.5. The summed E-state index contributed by atoms with van der Waals surface area (Å²) in [5.74, 6) is 1.69. The molecule has 1 atom stereocenters. The van der Waals surface area contributed by atoms with Crippen LogP contribution in [0.2, 0.25) is 0 Å². The second kappa shape index (κ2) is 11.0.